The van der Waals surface area contributed by atoms with Crippen LogP contribution in [-0.2, 0) is 7.05 Å². The summed E-state index contributed by atoms with van der Waals surface area (Å²) in [5.41, 5.74) is 3.32. The summed E-state index contributed by atoms with van der Waals surface area (Å²) >= 11 is 0. The van der Waals surface area contributed by atoms with Crippen molar-refractivity contribution in [3.05, 3.63) is 34.0 Å². The van der Waals surface area contributed by atoms with Gasteiger partial charge < -0.3 is 4.90 Å². The number of aromatic nitrogens is 3. The van der Waals surface area contributed by atoms with E-state index in [2.05, 4.69) is 10.2 Å². The van der Waals surface area contributed by atoms with Crippen LogP contribution >= 0.6 is 0 Å². The van der Waals surface area contributed by atoms with Crippen molar-refractivity contribution in [1.82, 2.24) is 15.0 Å². The Hall–Kier alpha value is -2.44. The van der Waals surface area contributed by atoms with Crippen LogP contribution in [-0.4, -0.2) is 27.0 Å². The van der Waals surface area contributed by atoms with Crippen LogP contribution in [0.25, 0.3) is 11.3 Å². The molecule has 2 aromatic rings. The first-order chi connectivity index (χ1) is 10.1. The lowest BCUT2D eigenvalue weighted by Crippen LogP contribution is -2.30. The Kier molecular flexibility index (Phi) is 2.36. The molecule has 0 saturated heterocycles. The minimum Gasteiger partial charge on any atom is -0.359 e. The minimum atomic E-state index is -0.319. The Balaban J connectivity index is 2.01. The largest absolute Gasteiger partial charge is 0.359 e. The highest BCUT2D eigenvalue weighted by molar-refractivity contribution is 5.87. The number of fused-ring (bicyclic) bond motifs is 3. The third kappa shape index (κ3) is 1.66. The lowest BCUT2D eigenvalue weighted by atomic mass is 9.93. The number of hydrogen-bond donors (Lipinski definition) is 0. The van der Waals surface area contributed by atoms with E-state index < -0.39 is 0 Å². The average molecular weight is 285 g/mol. The maximum Gasteiger partial charge on any atom is 0.293 e. The van der Waals surface area contributed by atoms with Gasteiger partial charge in [-0.1, -0.05) is 12.1 Å². The molecule has 0 spiro atoms. The number of benzene rings is 1. The molecule has 1 aliphatic carbocycles. The molecule has 7 heteroatoms. The Labute approximate surface area is 121 Å². The van der Waals surface area contributed by atoms with Crippen molar-refractivity contribution in [2.24, 2.45) is 13.0 Å². The molecule has 0 radical (unpaired) electrons. The Morgan fingerprint density at radius 1 is 1.29 bits per heavy atom. The molecule has 1 atom stereocenters. The van der Waals surface area contributed by atoms with Crippen molar-refractivity contribution < 1.29 is 4.92 Å². The first-order valence-electron chi connectivity index (χ1n) is 6.99. The van der Waals surface area contributed by atoms with Gasteiger partial charge >= 0.3 is 0 Å². The van der Waals surface area contributed by atoms with Crippen LogP contribution in [0.3, 0.4) is 0 Å². The van der Waals surface area contributed by atoms with E-state index >= 15 is 0 Å². The van der Waals surface area contributed by atoms with Gasteiger partial charge in [-0.3, -0.25) is 10.1 Å². The van der Waals surface area contributed by atoms with Gasteiger partial charge in [0.15, 0.2) is 0 Å². The van der Waals surface area contributed by atoms with Crippen molar-refractivity contribution in [3.8, 4) is 11.3 Å². The molecule has 21 heavy (non-hydrogen) atoms. The Morgan fingerprint density at radius 2 is 2.05 bits per heavy atom. The second-order valence-corrected chi connectivity index (χ2v) is 5.75. The van der Waals surface area contributed by atoms with Crippen molar-refractivity contribution in [1.29, 1.82) is 0 Å². The van der Waals surface area contributed by atoms with E-state index in [9.17, 15) is 10.1 Å². The fourth-order valence-corrected chi connectivity index (χ4v) is 3.33. The third-order valence-electron chi connectivity index (χ3n) is 4.32. The van der Waals surface area contributed by atoms with Gasteiger partial charge in [0.05, 0.1) is 11.0 Å². The molecule has 2 aliphatic rings. The number of rotatable bonds is 2. The molecule has 1 fully saturated rings. The molecule has 0 amide bonds. The van der Waals surface area contributed by atoms with Gasteiger partial charge in [-0.25, -0.2) is 0 Å². The molecule has 4 rings (SSSR count). The average Bonchev–Trinajstić information content (AvgIpc) is 3.20. The number of hydrogen-bond acceptors (Lipinski definition) is 5. The van der Waals surface area contributed by atoms with Gasteiger partial charge in [-0.2, -0.15) is 15.0 Å². The number of anilines is 1. The van der Waals surface area contributed by atoms with E-state index in [-0.39, 0.29) is 16.7 Å². The zero-order valence-corrected chi connectivity index (χ0v) is 11.9. The van der Waals surface area contributed by atoms with E-state index in [1.807, 2.05) is 18.0 Å². The normalized spacial score (nSPS) is 20.1. The second-order valence-electron chi connectivity index (χ2n) is 5.75. The highest BCUT2D eigenvalue weighted by Crippen LogP contribution is 2.53. The fourth-order valence-electron chi connectivity index (χ4n) is 3.33. The maximum absolute atomic E-state index is 11.4. The number of nitrogens with zero attached hydrogens (tertiary/aromatic N) is 5. The lowest BCUT2D eigenvalue weighted by molar-refractivity contribution is -0.384. The fraction of sp³-hybridized carbons (Fsp3) is 0.429. The summed E-state index contributed by atoms with van der Waals surface area (Å²) in [7, 11) is 3.71. The number of para-hydroxylation sites is 1. The predicted molar refractivity (Wildman–Crippen MR) is 77.0 cm³/mol. The van der Waals surface area contributed by atoms with Gasteiger partial charge in [-0.05, 0) is 18.8 Å². The lowest BCUT2D eigenvalue weighted by Gasteiger charge is -2.34. The molecule has 1 aliphatic heterocycles. The van der Waals surface area contributed by atoms with Gasteiger partial charge in [0, 0.05) is 25.7 Å². The summed E-state index contributed by atoms with van der Waals surface area (Å²) in [6.07, 6.45) is 2.28. The highest BCUT2D eigenvalue weighted by Gasteiger charge is 2.44. The van der Waals surface area contributed by atoms with Gasteiger partial charge in [0.2, 0.25) is 0 Å². The summed E-state index contributed by atoms with van der Waals surface area (Å²) in [5.74, 6) is 0.512. The molecular weight excluding hydrogens is 270 g/mol. The third-order valence-corrected chi connectivity index (χ3v) is 4.32. The summed E-state index contributed by atoms with van der Waals surface area (Å²) in [6.45, 7) is 0. The van der Waals surface area contributed by atoms with Crippen LogP contribution in [0, 0.1) is 16.0 Å². The zero-order chi connectivity index (χ0) is 14.7. The molecule has 2 heterocycles. The molecule has 108 valence electrons. The number of aryl methyl sites for hydroxylation is 1. The summed E-state index contributed by atoms with van der Waals surface area (Å²) in [4.78, 5) is 14.6. The van der Waals surface area contributed by atoms with E-state index in [0.29, 0.717) is 11.6 Å². The quantitative estimate of drug-likeness (QED) is 0.625. The van der Waals surface area contributed by atoms with Crippen LogP contribution in [0.2, 0.25) is 0 Å². The molecule has 1 aromatic heterocycles. The monoisotopic (exact) mass is 285 g/mol. The molecular formula is C14H15N5O2. The molecule has 0 bridgehead atoms. The van der Waals surface area contributed by atoms with E-state index in [4.69, 9.17) is 0 Å². The SMILES string of the molecule is CN1c2c(cccc2[N+](=O)[O-])-c2nn(C)nc2C1C1CC1. The highest BCUT2D eigenvalue weighted by atomic mass is 16.6. The molecule has 7 nitrogen and oxygen atoms in total. The molecule has 1 aromatic carbocycles. The predicted octanol–water partition coefficient (Wildman–Crippen LogP) is 2.29. The van der Waals surface area contributed by atoms with Crippen molar-refractivity contribution >= 4 is 11.4 Å². The Bertz CT molecular complexity index is 750. The second kappa shape index (κ2) is 4.03. The van der Waals surface area contributed by atoms with Crippen molar-refractivity contribution in [3.63, 3.8) is 0 Å². The van der Waals surface area contributed by atoms with Gasteiger partial charge in [0.25, 0.3) is 5.69 Å². The topological polar surface area (TPSA) is 77.1 Å². The van der Waals surface area contributed by atoms with E-state index in [1.165, 1.54) is 0 Å². The van der Waals surface area contributed by atoms with E-state index in [0.717, 1.165) is 29.8 Å². The van der Waals surface area contributed by atoms with E-state index in [1.54, 1.807) is 24.0 Å². The van der Waals surface area contributed by atoms with Gasteiger partial charge in [-0.15, -0.1) is 0 Å². The number of nitro benzene ring substituents is 1. The summed E-state index contributed by atoms with van der Waals surface area (Å²) in [5, 5.41) is 20.3. The first-order valence-corrected chi connectivity index (χ1v) is 6.99. The number of nitro groups is 1. The summed E-state index contributed by atoms with van der Waals surface area (Å²) < 4.78 is 0. The molecule has 1 saturated carbocycles. The first kappa shape index (κ1) is 12.3. The maximum atomic E-state index is 11.4. The Morgan fingerprint density at radius 3 is 2.71 bits per heavy atom. The van der Waals surface area contributed by atoms with Crippen LogP contribution in [0.15, 0.2) is 18.2 Å². The van der Waals surface area contributed by atoms with Gasteiger partial charge in [0.1, 0.15) is 17.1 Å². The molecule has 1 unspecified atom stereocenters. The zero-order valence-electron chi connectivity index (χ0n) is 11.9. The van der Waals surface area contributed by atoms with Crippen molar-refractivity contribution in [2.45, 2.75) is 18.9 Å². The van der Waals surface area contributed by atoms with Crippen LogP contribution in [0.1, 0.15) is 24.6 Å². The smallest absolute Gasteiger partial charge is 0.293 e. The van der Waals surface area contributed by atoms with Crippen molar-refractivity contribution in [2.75, 3.05) is 11.9 Å². The minimum absolute atomic E-state index is 0.0855. The van der Waals surface area contributed by atoms with Crippen LogP contribution < -0.4 is 4.90 Å². The standard InChI is InChI=1S/C14H15N5O2/c1-17-13(8-6-7-8)12-11(15-18(2)16-12)9-4-3-5-10(14(9)17)19(20)21/h3-5,8,13H,6-7H2,1-2H3. The molecule has 0 N–H and O–H groups in total. The van der Waals surface area contributed by atoms with Crippen LogP contribution in [0.4, 0.5) is 11.4 Å². The summed E-state index contributed by atoms with van der Waals surface area (Å²) in [6, 6.07) is 5.24. The van der Waals surface area contributed by atoms with Crippen LogP contribution in [0.5, 0.6) is 0 Å².